The van der Waals surface area contributed by atoms with E-state index < -0.39 is 13.3 Å². The van der Waals surface area contributed by atoms with Crippen molar-refractivity contribution in [2.75, 3.05) is 0 Å². The van der Waals surface area contributed by atoms with Crippen LogP contribution in [0.25, 0.3) is 43.6 Å². The van der Waals surface area contributed by atoms with Crippen molar-refractivity contribution in [3.05, 3.63) is 71.4 Å². The summed E-state index contributed by atoms with van der Waals surface area (Å²) in [6.45, 7) is 11.7. The molecule has 1 aliphatic heterocycles. The topological polar surface area (TPSA) is 3.88 Å². The van der Waals surface area contributed by atoms with Gasteiger partial charge >= 0.3 is 223 Å². The van der Waals surface area contributed by atoms with Crippen LogP contribution in [0.1, 0.15) is 37.5 Å². The summed E-state index contributed by atoms with van der Waals surface area (Å²) in [5.74, 6) is 7.47. The Morgan fingerprint density at radius 2 is 1.57 bits per heavy atom. The fourth-order valence-corrected chi connectivity index (χ4v) is 9.96. The van der Waals surface area contributed by atoms with E-state index in [0.717, 1.165) is 6.42 Å². The number of fused-ring (bicyclic) bond motifs is 5. The number of hydrogen-bond acceptors (Lipinski definition) is 1. The SMILES string of the molecule is Cc1ccc2c(CC(C)(C)C)c3c(c(C)c2c1)-c1c2c(cc4c[c]([Ge]([CH3])([CH3])[CH3])ccc4c2cc[n+]1C)S3. The normalized spacial score (nSPS) is 13.5. The molecule has 1 aliphatic rings. The van der Waals surface area contributed by atoms with E-state index in [9.17, 15) is 0 Å². The van der Waals surface area contributed by atoms with Gasteiger partial charge in [0.25, 0.3) is 0 Å². The second-order valence-electron chi connectivity index (χ2n) is 13.3. The summed E-state index contributed by atoms with van der Waals surface area (Å²) in [6.07, 6.45) is 3.34. The van der Waals surface area contributed by atoms with Crippen molar-refractivity contribution in [1.82, 2.24) is 0 Å². The molecule has 0 radical (unpaired) electrons. The molecule has 4 aromatic carbocycles. The zero-order chi connectivity index (χ0) is 26.4. The molecular weight excluding hydrogens is 527 g/mol. The fraction of sp³-hybridized carbons (Fsp3) is 0.324. The first-order valence-electron chi connectivity index (χ1n) is 13.5. The Balaban J connectivity index is 1.77. The molecule has 0 unspecified atom stereocenters. The number of pyridine rings is 1. The maximum atomic E-state index is 2.50. The molecule has 1 aromatic heterocycles. The predicted octanol–water partition coefficient (Wildman–Crippen LogP) is 8.85. The van der Waals surface area contributed by atoms with E-state index in [4.69, 9.17) is 0 Å². The van der Waals surface area contributed by atoms with Gasteiger partial charge < -0.3 is 0 Å². The molecule has 0 bridgehead atoms. The maximum absolute atomic E-state index is 2.50. The summed E-state index contributed by atoms with van der Waals surface area (Å²) in [5, 5.41) is 8.39. The van der Waals surface area contributed by atoms with Crippen LogP contribution in [0.2, 0.25) is 17.3 Å². The van der Waals surface area contributed by atoms with Crippen LogP contribution in [-0.4, -0.2) is 13.3 Å². The molecule has 188 valence electrons. The second-order valence-corrected chi connectivity index (χ2v) is 25.0. The summed E-state index contributed by atoms with van der Waals surface area (Å²) >= 11 is 0.0817. The van der Waals surface area contributed by atoms with Crippen LogP contribution in [0.4, 0.5) is 0 Å². The summed E-state index contributed by atoms with van der Waals surface area (Å²) in [7, 11) is 2.22. The molecule has 0 spiro atoms. The van der Waals surface area contributed by atoms with Gasteiger partial charge in [-0.1, -0.05) is 0 Å². The van der Waals surface area contributed by atoms with Crippen LogP contribution in [0.3, 0.4) is 0 Å². The van der Waals surface area contributed by atoms with E-state index in [1.165, 1.54) is 70.1 Å². The van der Waals surface area contributed by atoms with Crippen molar-refractivity contribution >= 4 is 61.7 Å². The van der Waals surface area contributed by atoms with Crippen molar-refractivity contribution in [2.45, 2.75) is 68.1 Å². The van der Waals surface area contributed by atoms with Crippen molar-refractivity contribution < 1.29 is 4.57 Å². The van der Waals surface area contributed by atoms with Gasteiger partial charge in [-0.2, -0.15) is 0 Å². The fourth-order valence-electron chi connectivity index (χ4n) is 6.13. The molecule has 5 aromatic rings. The Morgan fingerprint density at radius 1 is 0.838 bits per heavy atom. The molecule has 0 saturated carbocycles. The molecule has 0 amide bonds. The summed E-state index contributed by atoms with van der Waals surface area (Å²) in [4.78, 5) is 2.86. The van der Waals surface area contributed by atoms with Crippen LogP contribution < -0.4 is 8.96 Å². The molecule has 0 aliphatic carbocycles. The molecule has 2 heterocycles. The van der Waals surface area contributed by atoms with E-state index in [2.05, 4.69) is 118 Å². The first-order chi connectivity index (χ1) is 17.3. The van der Waals surface area contributed by atoms with E-state index in [0.29, 0.717) is 0 Å². The van der Waals surface area contributed by atoms with E-state index in [1.54, 1.807) is 4.40 Å². The Bertz CT molecular complexity index is 1770. The van der Waals surface area contributed by atoms with Gasteiger partial charge in [0.1, 0.15) is 0 Å². The van der Waals surface area contributed by atoms with Crippen LogP contribution in [0, 0.1) is 19.3 Å². The molecule has 1 nitrogen and oxygen atoms in total. The zero-order valence-electron chi connectivity index (χ0n) is 23.8. The predicted molar refractivity (Wildman–Crippen MR) is 165 cm³/mol. The Labute approximate surface area is 228 Å². The van der Waals surface area contributed by atoms with Crippen molar-refractivity contribution in [3.63, 3.8) is 0 Å². The standard InChI is InChI=1S/C34H38GeNS/c1-20-10-12-25-27(16-20)21(2)30-32-31-26(14-15-36(32)9)24-13-11-23(35(6,7)8)17-22(24)18-29(31)37-33(30)28(25)19-34(3,4)5/h10-18H,19H2,1-9H3/q+1. The van der Waals surface area contributed by atoms with Crippen molar-refractivity contribution in [2.24, 2.45) is 12.5 Å². The summed E-state index contributed by atoms with van der Waals surface area (Å²) in [5.41, 5.74) is 7.25. The number of aromatic nitrogens is 1. The third-order valence-corrected chi connectivity index (χ3v) is 13.5. The number of benzene rings is 4. The first-order valence-corrected chi connectivity index (χ1v) is 21.6. The summed E-state index contributed by atoms with van der Waals surface area (Å²) < 4.78 is 3.94. The van der Waals surface area contributed by atoms with E-state index in [-0.39, 0.29) is 5.41 Å². The third kappa shape index (κ3) is 4.03. The van der Waals surface area contributed by atoms with Gasteiger partial charge in [-0.3, -0.25) is 0 Å². The van der Waals surface area contributed by atoms with E-state index in [1.807, 2.05) is 11.8 Å². The monoisotopic (exact) mass is 566 g/mol. The van der Waals surface area contributed by atoms with Crippen LogP contribution in [0.5, 0.6) is 0 Å². The molecule has 3 heteroatoms. The van der Waals surface area contributed by atoms with Crippen molar-refractivity contribution in [1.29, 1.82) is 0 Å². The minimum absolute atomic E-state index is 0.202. The Kier molecular flexibility index (Phi) is 5.64. The van der Waals surface area contributed by atoms with Gasteiger partial charge in [0.15, 0.2) is 0 Å². The number of nitrogens with zero attached hydrogens (tertiary/aromatic N) is 1. The van der Waals surface area contributed by atoms with Crippen molar-refractivity contribution in [3.8, 4) is 11.3 Å². The van der Waals surface area contributed by atoms with Gasteiger partial charge in [0.2, 0.25) is 0 Å². The quantitative estimate of drug-likeness (QED) is 0.115. The number of aryl methyl sites for hydroxylation is 3. The third-order valence-electron chi connectivity index (χ3n) is 8.00. The van der Waals surface area contributed by atoms with Gasteiger partial charge in [0, 0.05) is 0 Å². The first kappa shape index (κ1) is 25.0. The van der Waals surface area contributed by atoms with Crippen LogP contribution in [-0.2, 0) is 13.5 Å². The van der Waals surface area contributed by atoms with Gasteiger partial charge in [-0.25, -0.2) is 0 Å². The van der Waals surface area contributed by atoms with E-state index >= 15 is 0 Å². The average Bonchev–Trinajstić information content (AvgIpc) is 2.81. The molecule has 0 N–H and O–H groups in total. The Hall–Kier alpha value is -2.30. The average molecular weight is 565 g/mol. The molecular formula is C34H38GeNS+. The molecule has 0 atom stereocenters. The van der Waals surface area contributed by atoms with Gasteiger partial charge in [0.05, 0.1) is 0 Å². The molecule has 37 heavy (non-hydrogen) atoms. The molecule has 0 fully saturated rings. The number of hydrogen-bond donors (Lipinski definition) is 0. The molecule has 6 rings (SSSR count). The minimum atomic E-state index is -1.93. The van der Waals surface area contributed by atoms with Crippen LogP contribution >= 0.6 is 11.8 Å². The molecule has 0 saturated heterocycles. The van der Waals surface area contributed by atoms with Gasteiger partial charge in [-0.05, 0) is 6.92 Å². The zero-order valence-corrected chi connectivity index (χ0v) is 26.7. The number of rotatable bonds is 2. The second kappa shape index (κ2) is 8.35. The summed E-state index contributed by atoms with van der Waals surface area (Å²) in [6, 6.07) is 19.2. The van der Waals surface area contributed by atoms with Gasteiger partial charge in [-0.15, -0.1) is 0 Å². The van der Waals surface area contributed by atoms with Crippen LogP contribution in [0.15, 0.2) is 64.5 Å². The Morgan fingerprint density at radius 3 is 2.27 bits per heavy atom.